The Balaban J connectivity index is 2.29. The number of methoxy groups -OCH3 is 1. The Morgan fingerprint density at radius 3 is 2.43 bits per heavy atom. The fraction of sp³-hybridized carbons (Fsp3) is 0.562. The lowest BCUT2D eigenvalue weighted by atomic mass is 10.1. The average molecular weight is 340 g/mol. The summed E-state index contributed by atoms with van der Waals surface area (Å²) in [5.41, 5.74) is 0.300. The van der Waals surface area contributed by atoms with Gasteiger partial charge in [-0.3, -0.25) is 4.79 Å². The van der Waals surface area contributed by atoms with E-state index in [1.165, 1.54) is 19.2 Å². The lowest BCUT2D eigenvalue weighted by Gasteiger charge is -2.18. The van der Waals surface area contributed by atoms with Gasteiger partial charge in [0, 0.05) is 17.6 Å². The van der Waals surface area contributed by atoms with E-state index in [9.17, 15) is 13.2 Å². The molecule has 0 bridgehead atoms. The monoisotopic (exact) mass is 340 g/mol. The average Bonchev–Trinajstić information content (AvgIpc) is 3.29. The highest BCUT2D eigenvalue weighted by Gasteiger charge is 2.30. The maximum atomic E-state index is 12.4. The van der Waals surface area contributed by atoms with Crippen molar-refractivity contribution in [1.29, 1.82) is 0 Å². The van der Waals surface area contributed by atoms with Gasteiger partial charge in [-0.05, 0) is 43.9 Å². The van der Waals surface area contributed by atoms with Crippen LogP contribution in [0.15, 0.2) is 23.1 Å². The number of sulfonamides is 1. The molecule has 128 valence electrons. The fourth-order valence-corrected chi connectivity index (χ4v) is 3.47. The summed E-state index contributed by atoms with van der Waals surface area (Å²) in [6.07, 6.45) is 1.68. The van der Waals surface area contributed by atoms with Crippen molar-refractivity contribution >= 4 is 15.9 Å². The molecule has 1 aromatic carbocycles. The van der Waals surface area contributed by atoms with Crippen LogP contribution in [0.3, 0.4) is 0 Å². The molecule has 1 amide bonds. The zero-order valence-corrected chi connectivity index (χ0v) is 14.7. The first-order chi connectivity index (χ1) is 10.7. The van der Waals surface area contributed by atoms with E-state index in [0.29, 0.717) is 5.56 Å². The van der Waals surface area contributed by atoms with E-state index >= 15 is 0 Å². The van der Waals surface area contributed by atoms with Gasteiger partial charge in [0.1, 0.15) is 10.6 Å². The fourth-order valence-electron chi connectivity index (χ4n) is 1.97. The van der Waals surface area contributed by atoms with Crippen molar-refractivity contribution in [1.82, 2.24) is 10.0 Å². The molecule has 0 radical (unpaired) electrons. The van der Waals surface area contributed by atoms with E-state index in [1.54, 1.807) is 6.07 Å². The first-order valence-corrected chi connectivity index (χ1v) is 9.24. The summed E-state index contributed by atoms with van der Waals surface area (Å²) in [5.74, 6) is 0.222. The van der Waals surface area contributed by atoms with Crippen LogP contribution in [0.25, 0.3) is 0 Å². The van der Waals surface area contributed by atoms with Crippen LogP contribution >= 0.6 is 0 Å². The zero-order chi connectivity index (χ0) is 17.2. The van der Waals surface area contributed by atoms with Gasteiger partial charge in [0.05, 0.1) is 7.11 Å². The van der Waals surface area contributed by atoms with Gasteiger partial charge in [-0.2, -0.15) is 0 Å². The van der Waals surface area contributed by atoms with Gasteiger partial charge in [0.2, 0.25) is 10.0 Å². The number of ether oxygens (including phenoxy) is 1. The molecule has 1 unspecified atom stereocenters. The molecule has 0 heterocycles. The van der Waals surface area contributed by atoms with Gasteiger partial charge < -0.3 is 10.1 Å². The van der Waals surface area contributed by atoms with E-state index in [-0.39, 0.29) is 34.6 Å². The molecule has 2 N–H and O–H groups in total. The van der Waals surface area contributed by atoms with E-state index in [0.717, 1.165) is 12.8 Å². The van der Waals surface area contributed by atoms with Gasteiger partial charge in [0.15, 0.2) is 0 Å². The number of carbonyl (C=O) groups is 1. The van der Waals surface area contributed by atoms with E-state index < -0.39 is 10.0 Å². The first kappa shape index (κ1) is 17.7. The maximum absolute atomic E-state index is 12.4. The Bertz CT molecular complexity index is 681. The summed E-state index contributed by atoms with van der Waals surface area (Å²) in [6, 6.07) is 4.43. The summed E-state index contributed by atoms with van der Waals surface area (Å²) in [5, 5.41) is 2.87. The highest BCUT2D eigenvalue weighted by molar-refractivity contribution is 7.89. The molecule has 1 atom stereocenters. The quantitative estimate of drug-likeness (QED) is 0.794. The Hall–Kier alpha value is -1.60. The number of hydrogen-bond acceptors (Lipinski definition) is 4. The number of rotatable bonds is 7. The summed E-state index contributed by atoms with van der Waals surface area (Å²) in [7, 11) is -2.29. The molecule has 6 nitrogen and oxygen atoms in total. The predicted molar refractivity (Wildman–Crippen MR) is 88.1 cm³/mol. The molecule has 1 saturated carbocycles. The van der Waals surface area contributed by atoms with E-state index in [4.69, 9.17) is 4.74 Å². The summed E-state index contributed by atoms with van der Waals surface area (Å²) >= 11 is 0. The molecule has 0 saturated heterocycles. The van der Waals surface area contributed by atoms with Crippen LogP contribution in [0.2, 0.25) is 0 Å². The maximum Gasteiger partial charge on any atom is 0.251 e. The van der Waals surface area contributed by atoms with Crippen molar-refractivity contribution in [3.63, 3.8) is 0 Å². The van der Waals surface area contributed by atoms with Crippen LogP contribution in [0.4, 0.5) is 0 Å². The molecular weight excluding hydrogens is 316 g/mol. The Kier molecular flexibility index (Phi) is 5.31. The Morgan fingerprint density at radius 2 is 1.91 bits per heavy atom. The molecular formula is C16H24N2O4S. The topological polar surface area (TPSA) is 84.5 Å². The Labute approximate surface area is 137 Å². The van der Waals surface area contributed by atoms with Crippen LogP contribution < -0.4 is 14.8 Å². The van der Waals surface area contributed by atoms with Crippen molar-refractivity contribution in [2.75, 3.05) is 7.11 Å². The minimum absolute atomic E-state index is 0.00301. The number of nitrogens with one attached hydrogen (secondary N) is 2. The standard InChI is InChI=1S/C16H24N2O4S/c1-10(2)11(3)17-16(19)12-5-8-14(22-4)15(9-12)23(20,21)18-13-6-7-13/h5,8-11,13,18H,6-7H2,1-4H3,(H,17,19). The molecule has 0 aliphatic heterocycles. The molecule has 1 aliphatic carbocycles. The molecule has 1 aliphatic rings. The van der Waals surface area contributed by atoms with E-state index in [2.05, 4.69) is 10.0 Å². The molecule has 2 rings (SSSR count). The van der Waals surface area contributed by atoms with Crippen molar-refractivity contribution < 1.29 is 17.9 Å². The number of hydrogen-bond donors (Lipinski definition) is 2. The Morgan fingerprint density at radius 1 is 1.26 bits per heavy atom. The smallest absolute Gasteiger partial charge is 0.251 e. The van der Waals surface area contributed by atoms with Gasteiger partial charge in [-0.15, -0.1) is 0 Å². The lowest BCUT2D eigenvalue weighted by Crippen LogP contribution is -2.36. The lowest BCUT2D eigenvalue weighted by molar-refractivity contribution is 0.0930. The molecule has 1 aromatic rings. The minimum Gasteiger partial charge on any atom is -0.495 e. The number of carbonyl (C=O) groups excluding carboxylic acids is 1. The van der Waals surface area contributed by atoms with Gasteiger partial charge in [-0.25, -0.2) is 13.1 Å². The highest BCUT2D eigenvalue weighted by Crippen LogP contribution is 2.28. The van der Waals surface area contributed by atoms with Crippen LogP contribution in [-0.4, -0.2) is 33.5 Å². The van der Waals surface area contributed by atoms with Crippen LogP contribution in [0, 0.1) is 5.92 Å². The normalized spacial score (nSPS) is 16.2. The minimum atomic E-state index is -3.70. The predicted octanol–water partition coefficient (Wildman–Crippen LogP) is 1.91. The van der Waals surface area contributed by atoms with Crippen molar-refractivity contribution in [3.05, 3.63) is 23.8 Å². The second-order valence-corrected chi connectivity index (χ2v) is 7.95. The molecule has 23 heavy (non-hydrogen) atoms. The van der Waals surface area contributed by atoms with Gasteiger partial charge >= 0.3 is 0 Å². The molecule has 1 fully saturated rings. The van der Waals surface area contributed by atoms with Crippen molar-refractivity contribution in [2.24, 2.45) is 5.92 Å². The molecule has 0 aromatic heterocycles. The summed E-state index contributed by atoms with van der Waals surface area (Å²) < 4.78 is 32.6. The number of benzene rings is 1. The van der Waals surface area contributed by atoms with E-state index in [1.807, 2.05) is 20.8 Å². The van der Waals surface area contributed by atoms with Crippen LogP contribution in [0.5, 0.6) is 5.75 Å². The largest absolute Gasteiger partial charge is 0.495 e. The molecule has 0 spiro atoms. The SMILES string of the molecule is COc1ccc(C(=O)NC(C)C(C)C)cc1S(=O)(=O)NC1CC1. The third-order valence-corrected chi connectivity index (χ3v) is 5.51. The first-order valence-electron chi connectivity index (χ1n) is 7.76. The highest BCUT2D eigenvalue weighted by atomic mass is 32.2. The summed E-state index contributed by atoms with van der Waals surface area (Å²) in [4.78, 5) is 12.3. The van der Waals surface area contributed by atoms with Gasteiger partial charge in [-0.1, -0.05) is 13.8 Å². The third-order valence-electron chi connectivity index (χ3n) is 3.97. The van der Waals surface area contributed by atoms with Crippen LogP contribution in [0.1, 0.15) is 44.0 Å². The second-order valence-electron chi connectivity index (χ2n) is 6.27. The number of amides is 1. The molecule has 7 heteroatoms. The summed E-state index contributed by atoms with van der Waals surface area (Å²) in [6.45, 7) is 5.93. The van der Waals surface area contributed by atoms with Crippen molar-refractivity contribution in [2.45, 2.75) is 50.6 Å². The van der Waals surface area contributed by atoms with Crippen molar-refractivity contribution in [3.8, 4) is 5.75 Å². The van der Waals surface area contributed by atoms with Crippen LogP contribution in [-0.2, 0) is 10.0 Å². The van der Waals surface area contributed by atoms with Gasteiger partial charge in [0.25, 0.3) is 5.91 Å². The second kappa shape index (κ2) is 6.88. The third kappa shape index (κ3) is 4.45. The zero-order valence-electron chi connectivity index (χ0n) is 13.9.